The Morgan fingerprint density at radius 2 is 1.75 bits per heavy atom. The molecule has 5 nitrogen and oxygen atoms in total. The van der Waals surface area contributed by atoms with Gasteiger partial charge in [-0.05, 0) is 48.3 Å². The first-order valence-electron chi connectivity index (χ1n) is 11.4. The maximum Gasteiger partial charge on any atom is 0.260 e. The Morgan fingerprint density at radius 1 is 1.09 bits per heavy atom. The Kier molecular flexibility index (Phi) is 8.67. The zero-order valence-corrected chi connectivity index (χ0v) is 20.3. The van der Waals surface area contributed by atoms with Crippen LogP contribution in [0, 0.1) is 17.2 Å². The lowest BCUT2D eigenvalue weighted by Crippen LogP contribution is -2.50. The molecule has 2 aromatic carbocycles. The van der Waals surface area contributed by atoms with Gasteiger partial charge in [-0.1, -0.05) is 56.3 Å². The maximum atomic E-state index is 12.5. The molecule has 1 aliphatic heterocycles. The van der Waals surface area contributed by atoms with Crippen molar-refractivity contribution in [2.45, 2.75) is 32.1 Å². The van der Waals surface area contributed by atoms with Crippen molar-refractivity contribution in [3.63, 3.8) is 0 Å². The van der Waals surface area contributed by atoms with E-state index < -0.39 is 5.41 Å². The van der Waals surface area contributed by atoms with E-state index in [4.69, 9.17) is 4.74 Å². The van der Waals surface area contributed by atoms with Crippen LogP contribution in [0.5, 0.6) is 5.75 Å². The summed E-state index contributed by atoms with van der Waals surface area (Å²) in [6, 6.07) is 20.5. The van der Waals surface area contributed by atoms with Crippen LogP contribution in [-0.4, -0.2) is 55.0 Å². The Balaban J connectivity index is 1.44. The number of hydrogen-bond acceptors (Lipinski definition) is 4. The Labute approximate surface area is 194 Å². The van der Waals surface area contributed by atoms with Crippen LogP contribution in [0.1, 0.15) is 32.3 Å². The molecule has 6 heteroatoms. The van der Waals surface area contributed by atoms with Crippen molar-refractivity contribution in [1.82, 2.24) is 9.80 Å². The zero-order chi connectivity index (χ0) is 23.0. The molecule has 1 heterocycles. The SMILES string of the molecule is CC(C)C(C#N)(CCCN1CCN(C(=O)COc2ccc(P)cc2)CC1)c1ccccc1. The minimum absolute atomic E-state index is 0.0342. The Morgan fingerprint density at radius 3 is 2.34 bits per heavy atom. The Bertz CT molecular complexity index is 903. The molecule has 0 bridgehead atoms. The molecule has 170 valence electrons. The summed E-state index contributed by atoms with van der Waals surface area (Å²) >= 11 is 0. The van der Waals surface area contributed by atoms with Crippen molar-refractivity contribution in [3.8, 4) is 11.8 Å². The van der Waals surface area contributed by atoms with Gasteiger partial charge in [0.2, 0.25) is 0 Å². The van der Waals surface area contributed by atoms with Crippen LogP contribution in [0.15, 0.2) is 54.6 Å². The summed E-state index contributed by atoms with van der Waals surface area (Å²) in [5.41, 5.74) is 0.658. The topological polar surface area (TPSA) is 56.6 Å². The van der Waals surface area contributed by atoms with Gasteiger partial charge in [0.15, 0.2) is 6.61 Å². The summed E-state index contributed by atoms with van der Waals surface area (Å²) < 4.78 is 5.64. The number of rotatable bonds is 9. The van der Waals surface area contributed by atoms with Crippen molar-refractivity contribution >= 4 is 20.5 Å². The smallest absolute Gasteiger partial charge is 0.260 e. The highest BCUT2D eigenvalue weighted by atomic mass is 31.0. The van der Waals surface area contributed by atoms with Crippen molar-refractivity contribution in [2.75, 3.05) is 39.3 Å². The highest BCUT2D eigenvalue weighted by molar-refractivity contribution is 7.27. The first-order chi connectivity index (χ1) is 15.4. The molecule has 1 saturated heterocycles. The lowest BCUT2D eigenvalue weighted by Gasteiger charge is -2.36. The fraction of sp³-hybridized carbons (Fsp3) is 0.462. The molecule has 0 saturated carbocycles. The second kappa shape index (κ2) is 11.5. The Hall–Kier alpha value is -2.41. The lowest BCUT2D eigenvalue weighted by atomic mass is 9.70. The van der Waals surface area contributed by atoms with Gasteiger partial charge in [-0.2, -0.15) is 5.26 Å². The number of benzene rings is 2. The zero-order valence-electron chi connectivity index (χ0n) is 19.2. The number of carbonyl (C=O) groups is 1. The van der Waals surface area contributed by atoms with E-state index in [1.54, 1.807) is 0 Å². The van der Waals surface area contributed by atoms with Gasteiger partial charge in [-0.3, -0.25) is 9.69 Å². The van der Waals surface area contributed by atoms with E-state index in [-0.39, 0.29) is 18.4 Å². The highest BCUT2D eigenvalue weighted by Gasteiger charge is 2.35. The second-order valence-corrected chi connectivity index (χ2v) is 9.45. The van der Waals surface area contributed by atoms with Gasteiger partial charge >= 0.3 is 0 Å². The fourth-order valence-electron chi connectivity index (χ4n) is 4.35. The molecule has 0 aromatic heterocycles. The molecule has 0 radical (unpaired) electrons. The number of amides is 1. The van der Waals surface area contributed by atoms with Crippen molar-refractivity contribution in [1.29, 1.82) is 5.26 Å². The summed E-state index contributed by atoms with van der Waals surface area (Å²) in [5.74, 6) is 0.997. The van der Waals surface area contributed by atoms with Gasteiger partial charge in [-0.25, -0.2) is 0 Å². The predicted octanol–water partition coefficient (Wildman–Crippen LogP) is 3.61. The van der Waals surface area contributed by atoms with Crippen LogP contribution in [-0.2, 0) is 10.2 Å². The number of ether oxygens (including phenoxy) is 1. The summed E-state index contributed by atoms with van der Waals surface area (Å²) in [5, 5.41) is 11.1. The molecule has 0 aliphatic carbocycles. The number of nitriles is 1. The van der Waals surface area contributed by atoms with E-state index in [9.17, 15) is 10.1 Å². The number of nitrogens with zero attached hydrogens (tertiary/aromatic N) is 3. The normalized spacial score (nSPS) is 16.4. The third-order valence-corrected chi connectivity index (χ3v) is 6.87. The van der Waals surface area contributed by atoms with Gasteiger partial charge in [0.05, 0.1) is 11.5 Å². The minimum atomic E-state index is -0.453. The van der Waals surface area contributed by atoms with Crippen LogP contribution in [0.4, 0.5) is 0 Å². The van der Waals surface area contributed by atoms with E-state index in [0.717, 1.165) is 56.4 Å². The number of hydrogen-bond donors (Lipinski definition) is 0. The summed E-state index contributed by atoms with van der Waals surface area (Å²) in [4.78, 5) is 16.8. The largest absolute Gasteiger partial charge is 0.484 e. The summed E-state index contributed by atoms with van der Waals surface area (Å²) in [6.07, 6.45) is 1.80. The van der Waals surface area contributed by atoms with Gasteiger partial charge < -0.3 is 9.64 Å². The van der Waals surface area contributed by atoms with Gasteiger partial charge in [0, 0.05) is 26.2 Å². The number of carbonyl (C=O) groups excluding carboxylic acids is 1. The summed E-state index contributed by atoms with van der Waals surface area (Å²) in [6.45, 7) is 8.46. The average molecular weight is 452 g/mol. The van der Waals surface area contributed by atoms with Gasteiger partial charge in [0.1, 0.15) is 5.75 Å². The molecule has 1 amide bonds. The van der Waals surface area contributed by atoms with E-state index in [1.807, 2.05) is 47.4 Å². The van der Waals surface area contributed by atoms with Crippen LogP contribution >= 0.6 is 9.24 Å². The molecule has 32 heavy (non-hydrogen) atoms. The molecule has 2 unspecified atom stereocenters. The van der Waals surface area contributed by atoms with E-state index in [1.165, 1.54) is 0 Å². The van der Waals surface area contributed by atoms with Crippen LogP contribution < -0.4 is 10.0 Å². The van der Waals surface area contributed by atoms with Crippen molar-refractivity contribution in [2.24, 2.45) is 5.92 Å². The van der Waals surface area contributed by atoms with Gasteiger partial charge in [0.25, 0.3) is 5.91 Å². The second-order valence-electron chi connectivity index (χ2n) is 8.79. The third kappa shape index (κ3) is 6.09. The van der Waals surface area contributed by atoms with E-state index in [0.29, 0.717) is 5.75 Å². The molecule has 0 spiro atoms. The molecule has 1 aliphatic rings. The molecule has 3 rings (SSSR count). The maximum absolute atomic E-state index is 12.5. The first kappa shape index (κ1) is 24.2. The van der Waals surface area contributed by atoms with Crippen LogP contribution in [0.2, 0.25) is 0 Å². The summed E-state index contributed by atoms with van der Waals surface area (Å²) in [7, 11) is 2.63. The molecule has 2 aromatic rings. The molecular weight excluding hydrogens is 417 g/mol. The van der Waals surface area contributed by atoms with Crippen molar-refractivity contribution < 1.29 is 9.53 Å². The van der Waals surface area contributed by atoms with Crippen LogP contribution in [0.3, 0.4) is 0 Å². The minimum Gasteiger partial charge on any atom is -0.484 e. The quantitative estimate of drug-likeness (QED) is 0.547. The monoisotopic (exact) mass is 451 g/mol. The average Bonchev–Trinajstić information content (AvgIpc) is 2.82. The lowest BCUT2D eigenvalue weighted by molar-refractivity contribution is -0.135. The first-order valence-corrected chi connectivity index (χ1v) is 12.0. The molecule has 2 atom stereocenters. The predicted molar refractivity (Wildman–Crippen MR) is 132 cm³/mol. The van der Waals surface area contributed by atoms with Crippen LogP contribution in [0.25, 0.3) is 0 Å². The molecule has 1 fully saturated rings. The molecule has 0 N–H and O–H groups in total. The highest BCUT2D eigenvalue weighted by Crippen LogP contribution is 2.36. The fourth-order valence-corrected chi connectivity index (χ4v) is 4.55. The third-order valence-electron chi connectivity index (χ3n) is 6.49. The van der Waals surface area contributed by atoms with Gasteiger partial charge in [-0.15, -0.1) is 9.24 Å². The van der Waals surface area contributed by atoms with E-state index in [2.05, 4.69) is 46.2 Å². The molecular formula is C26H34N3O2P. The van der Waals surface area contributed by atoms with Crippen molar-refractivity contribution in [3.05, 3.63) is 60.2 Å². The number of piperazine rings is 1. The standard InChI is InChI=1S/C26H34N3O2P/c1-21(2)26(20-27,22-7-4-3-5-8-22)13-6-14-28-15-17-29(18-16-28)25(30)19-31-23-9-11-24(32)12-10-23/h3-5,7-12,21H,6,13-19,32H2,1-2H3. The van der Waals surface area contributed by atoms with E-state index >= 15 is 0 Å².